The highest BCUT2D eigenvalue weighted by Gasteiger charge is 2.18. The van der Waals surface area contributed by atoms with E-state index in [0.717, 1.165) is 23.5 Å². The number of halogens is 8. The van der Waals surface area contributed by atoms with Crippen molar-refractivity contribution >= 4 is 127 Å². The Morgan fingerprint density at radius 1 is 0.500 bits per heavy atom. The molecule has 0 aliphatic carbocycles. The molecule has 0 aromatic rings. The molecular weight excluding hydrogens is 887 g/mol. The third-order valence-corrected chi connectivity index (χ3v) is 14.3. The van der Waals surface area contributed by atoms with Gasteiger partial charge in [0.05, 0.1) is 36.1 Å². The Bertz CT molecular complexity index is 322. The van der Waals surface area contributed by atoms with Crippen LogP contribution in [0.3, 0.4) is 0 Å². The molecule has 0 aromatic carbocycles. The average molecular weight is 918 g/mol. The molecule has 0 amide bonds. The van der Waals surface area contributed by atoms with Gasteiger partial charge in [0.2, 0.25) is 0 Å². The van der Waals surface area contributed by atoms with Crippen LogP contribution in [0.25, 0.3) is 0 Å². The Kier molecular flexibility index (Phi) is 24.2. The molecule has 0 rings (SSSR count). The summed E-state index contributed by atoms with van der Waals surface area (Å²) in [5.41, 5.74) is 0. The van der Waals surface area contributed by atoms with E-state index < -0.39 is 0 Å². The topological polar surface area (TPSA) is 18.5 Å². The molecule has 0 saturated carbocycles. The zero-order valence-corrected chi connectivity index (χ0v) is 28.5. The minimum atomic E-state index is 0.318. The third-order valence-electron chi connectivity index (χ3n) is 4.04. The molecule has 2 nitrogen and oxygen atoms in total. The molecule has 0 aliphatic heterocycles. The smallest absolute Gasteiger partial charge is 0.0701 e. The van der Waals surface area contributed by atoms with Crippen LogP contribution < -0.4 is 0 Å². The monoisotopic (exact) mass is 910 g/mol. The van der Waals surface area contributed by atoms with Gasteiger partial charge in [0, 0.05) is 30.0 Å². The molecule has 170 valence electrons. The largest absolute Gasteiger partial charge is 0.378 e. The second-order valence-corrected chi connectivity index (χ2v) is 15.2. The van der Waals surface area contributed by atoms with E-state index in [1.807, 2.05) is 0 Å². The molecule has 0 fully saturated rings. The Morgan fingerprint density at radius 2 is 0.857 bits per heavy atom. The summed E-state index contributed by atoms with van der Waals surface area (Å²) >= 11 is 29.3. The molecule has 0 saturated heterocycles. The average Bonchev–Trinajstić information content (AvgIpc) is 2.69. The van der Waals surface area contributed by atoms with Crippen LogP contribution in [0.15, 0.2) is 0 Å². The predicted molar refractivity (Wildman–Crippen MR) is 153 cm³/mol. The van der Waals surface area contributed by atoms with E-state index in [2.05, 4.69) is 127 Å². The minimum absolute atomic E-state index is 0.318. The standard InChI is InChI=1S/C18H30Br8O2/c19-9-13(21)3-1-5-15(23)17(25)11-27-7-8-28-12-18(26)16(24)6-2-4-14(22)10-20/h13-18H,1-12H2. The number of rotatable bonds is 19. The van der Waals surface area contributed by atoms with Gasteiger partial charge in [0.25, 0.3) is 0 Å². The molecule has 0 heterocycles. The van der Waals surface area contributed by atoms with Crippen LogP contribution in [0.1, 0.15) is 38.5 Å². The van der Waals surface area contributed by atoms with Crippen LogP contribution in [0, 0.1) is 0 Å². The molecule has 6 atom stereocenters. The van der Waals surface area contributed by atoms with Gasteiger partial charge in [-0.15, -0.1) is 0 Å². The highest BCUT2D eigenvalue weighted by atomic mass is 79.9. The van der Waals surface area contributed by atoms with Gasteiger partial charge >= 0.3 is 0 Å². The zero-order chi connectivity index (χ0) is 21.4. The molecule has 0 N–H and O–H groups in total. The first kappa shape index (κ1) is 31.8. The summed E-state index contributed by atoms with van der Waals surface area (Å²) in [6, 6.07) is 0. The normalized spacial score (nSPS) is 18.4. The lowest BCUT2D eigenvalue weighted by Gasteiger charge is -2.19. The molecule has 0 bridgehead atoms. The first-order chi connectivity index (χ1) is 13.3. The molecule has 28 heavy (non-hydrogen) atoms. The van der Waals surface area contributed by atoms with Crippen molar-refractivity contribution in [2.75, 3.05) is 37.1 Å². The SMILES string of the molecule is BrCC(Br)CCCC(Br)C(Br)COCCOCC(Br)C(Br)CCCC(Br)CBr. The van der Waals surface area contributed by atoms with Crippen LogP contribution in [-0.2, 0) is 9.47 Å². The number of alkyl halides is 8. The number of ether oxygens (including phenoxy) is 2. The molecule has 0 radical (unpaired) electrons. The first-order valence-electron chi connectivity index (χ1n) is 9.43. The summed E-state index contributed by atoms with van der Waals surface area (Å²) in [7, 11) is 0. The molecule has 0 spiro atoms. The molecule has 0 aromatic heterocycles. The summed E-state index contributed by atoms with van der Waals surface area (Å²) in [6.45, 7) is 2.63. The Hall–Kier alpha value is 3.76. The van der Waals surface area contributed by atoms with Crippen LogP contribution in [0.2, 0.25) is 0 Å². The van der Waals surface area contributed by atoms with E-state index in [9.17, 15) is 0 Å². The van der Waals surface area contributed by atoms with Gasteiger partial charge in [0.15, 0.2) is 0 Å². The van der Waals surface area contributed by atoms with Gasteiger partial charge in [-0.05, 0) is 25.7 Å². The summed E-state index contributed by atoms with van der Waals surface area (Å²) < 4.78 is 11.5. The quantitative estimate of drug-likeness (QED) is 0.0955. The van der Waals surface area contributed by atoms with Crippen LogP contribution >= 0.6 is 127 Å². The van der Waals surface area contributed by atoms with Gasteiger partial charge in [-0.1, -0.05) is 140 Å². The second-order valence-electron chi connectivity index (χ2n) is 6.58. The highest BCUT2D eigenvalue weighted by Crippen LogP contribution is 2.24. The number of hydrogen-bond donors (Lipinski definition) is 0. The Labute approximate surface area is 238 Å². The first-order valence-corrected chi connectivity index (χ1v) is 17.2. The van der Waals surface area contributed by atoms with Gasteiger partial charge in [0.1, 0.15) is 0 Å². The predicted octanol–water partition coefficient (Wildman–Crippen LogP) is 8.73. The van der Waals surface area contributed by atoms with Crippen molar-refractivity contribution in [1.82, 2.24) is 0 Å². The highest BCUT2D eigenvalue weighted by molar-refractivity contribution is 9.13. The van der Waals surface area contributed by atoms with E-state index in [0.29, 0.717) is 55.4 Å². The molecule has 10 heteroatoms. The summed E-state index contributed by atoms with van der Waals surface area (Å²) in [4.78, 5) is 2.60. The van der Waals surface area contributed by atoms with E-state index in [-0.39, 0.29) is 0 Å². The Balaban J connectivity index is 3.65. The van der Waals surface area contributed by atoms with Crippen molar-refractivity contribution in [2.24, 2.45) is 0 Å². The maximum Gasteiger partial charge on any atom is 0.0701 e. The lowest BCUT2D eigenvalue weighted by Crippen LogP contribution is -2.23. The maximum atomic E-state index is 5.76. The molecule has 0 aliphatic rings. The van der Waals surface area contributed by atoms with Crippen molar-refractivity contribution in [2.45, 2.75) is 67.5 Å². The van der Waals surface area contributed by atoms with Crippen molar-refractivity contribution in [3.63, 3.8) is 0 Å². The van der Waals surface area contributed by atoms with Gasteiger partial charge in [-0.2, -0.15) is 0 Å². The summed E-state index contributed by atoms with van der Waals surface area (Å²) in [5, 5.41) is 2.00. The van der Waals surface area contributed by atoms with E-state index in [4.69, 9.17) is 9.47 Å². The molecule has 6 unspecified atom stereocenters. The van der Waals surface area contributed by atoms with E-state index in [1.54, 1.807) is 0 Å². The van der Waals surface area contributed by atoms with Crippen LogP contribution in [-0.4, -0.2) is 66.1 Å². The maximum absolute atomic E-state index is 5.76. The van der Waals surface area contributed by atoms with Gasteiger partial charge in [-0.3, -0.25) is 0 Å². The van der Waals surface area contributed by atoms with E-state index in [1.165, 1.54) is 25.7 Å². The summed E-state index contributed by atoms with van der Waals surface area (Å²) in [5.74, 6) is 0. The van der Waals surface area contributed by atoms with Crippen molar-refractivity contribution in [3.05, 3.63) is 0 Å². The van der Waals surface area contributed by atoms with E-state index >= 15 is 0 Å². The lowest BCUT2D eigenvalue weighted by molar-refractivity contribution is 0.0493. The third kappa shape index (κ3) is 18.2. The van der Waals surface area contributed by atoms with Crippen LogP contribution in [0.4, 0.5) is 0 Å². The van der Waals surface area contributed by atoms with Crippen molar-refractivity contribution in [3.8, 4) is 0 Å². The Morgan fingerprint density at radius 3 is 1.18 bits per heavy atom. The van der Waals surface area contributed by atoms with Gasteiger partial charge in [-0.25, -0.2) is 0 Å². The fourth-order valence-corrected chi connectivity index (χ4v) is 5.45. The van der Waals surface area contributed by atoms with Crippen molar-refractivity contribution < 1.29 is 9.47 Å². The second kappa shape index (κ2) is 21.3. The van der Waals surface area contributed by atoms with Crippen molar-refractivity contribution in [1.29, 1.82) is 0 Å². The fourth-order valence-electron chi connectivity index (χ4n) is 2.30. The lowest BCUT2D eigenvalue weighted by atomic mass is 10.1. The van der Waals surface area contributed by atoms with Gasteiger partial charge < -0.3 is 9.47 Å². The fraction of sp³-hybridized carbons (Fsp3) is 1.00. The molecular formula is C18H30Br8O2. The minimum Gasteiger partial charge on any atom is -0.378 e. The van der Waals surface area contributed by atoms with Crippen LogP contribution in [0.5, 0.6) is 0 Å². The number of hydrogen-bond acceptors (Lipinski definition) is 2. The zero-order valence-electron chi connectivity index (χ0n) is 15.8. The summed E-state index contributed by atoms with van der Waals surface area (Å²) in [6.07, 6.45) is 7.00.